The average Bonchev–Trinajstić information content (AvgIpc) is 2.97. The van der Waals surface area contributed by atoms with Gasteiger partial charge in [-0.05, 0) is 71.6 Å². The third-order valence-electron chi connectivity index (χ3n) is 6.24. The summed E-state index contributed by atoms with van der Waals surface area (Å²) in [6.07, 6.45) is 9.39. The number of amides is 2. The molecule has 170 valence electrons. The van der Waals surface area contributed by atoms with Crippen molar-refractivity contribution in [2.24, 2.45) is 23.5 Å². The van der Waals surface area contributed by atoms with Gasteiger partial charge in [0.1, 0.15) is 5.60 Å². The smallest absolute Gasteiger partial charge is 0.407 e. The highest BCUT2D eigenvalue weighted by atomic mass is 16.6. The normalized spacial score (nSPS) is 29.8. The number of alkyl carbamates (subject to hydrolysis) is 1. The minimum Gasteiger partial charge on any atom is -0.444 e. The van der Waals surface area contributed by atoms with Gasteiger partial charge in [-0.15, -0.1) is 0 Å². The van der Waals surface area contributed by atoms with E-state index in [9.17, 15) is 9.59 Å². The van der Waals surface area contributed by atoms with E-state index >= 15 is 0 Å². The number of hydrogen-bond donors (Lipinski definition) is 2. The van der Waals surface area contributed by atoms with Gasteiger partial charge >= 0.3 is 6.09 Å². The number of nitrogens with two attached hydrogens (primary N) is 1. The molecule has 0 radical (unpaired) electrons. The Kier molecular flexibility index (Phi) is 8.53. The summed E-state index contributed by atoms with van der Waals surface area (Å²) in [5.74, 6) is 1.65. The van der Waals surface area contributed by atoms with Crippen LogP contribution >= 0.6 is 0 Å². The number of nitrogens with zero attached hydrogens (tertiary/aromatic N) is 1. The van der Waals surface area contributed by atoms with Crippen LogP contribution in [-0.4, -0.2) is 47.7 Å². The molecule has 5 unspecified atom stereocenters. The van der Waals surface area contributed by atoms with Crippen molar-refractivity contribution < 1.29 is 14.3 Å². The van der Waals surface area contributed by atoms with Crippen molar-refractivity contribution in [3.63, 3.8) is 0 Å². The Balaban J connectivity index is 1.80. The molecule has 1 saturated heterocycles. The van der Waals surface area contributed by atoms with Gasteiger partial charge < -0.3 is 20.7 Å². The van der Waals surface area contributed by atoms with Crippen molar-refractivity contribution in [1.82, 2.24) is 10.2 Å². The molecular weight excluding hydrogens is 378 g/mol. The fourth-order valence-corrected chi connectivity index (χ4v) is 4.53. The zero-order valence-corrected chi connectivity index (χ0v) is 19.6. The van der Waals surface area contributed by atoms with Crippen LogP contribution in [-0.2, 0) is 9.53 Å². The first-order chi connectivity index (χ1) is 14.0. The monoisotopic (exact) mass is 419 g/mol. The van der Waals surface area contributed by atoms with Crippen LogP contribution in [0.15, 0.2) is 23.8 Å². The number of nitrogens with one attached hydrogen (secondary N) is 1. The quantitative estimate of drug-likeness (QED) is 0.611. The summed E-state index contributed by atoms with van der Waals surface area (Å²) in [6.45, 7) is 13.2. The minimum absolute atomic E-state index is 0.108. The summed E-state index contributed by atoms with van der Waals surface area (Å²) in [5, 5.41) is 2.90. The maximum Gasteiger partial charge on any atom is 0.407 e. The summed E-state index contributed by atoms with van der Waals surface area (Å²) in [5.41, 5.74) is 6.69. The molecule has 0 bridgehead atoms. The maximum atomic E-state index is 12.5. The van der Waals surface area contributed by atoms with E-state index < -0.39 is 5.60 Å². The van der Waals surface area contributed by atoms with Crippen molar-refractivity contribution in [1.29, 1.82) is 0 Å². The minimum atomic E-state index is -0.480. The SMILES string of the molecule is C/C=C(\C=C/C1C(C)CC1CNC(=O)OC(C)(C)C)CCC(=O)N1CC(N)CC1C. The van der Waals surface area contributed by atoms with Crippen molar-refractivity contribution in [3.05, 3.63) is 23.8 Å². The summed E-state index contributed by atoms with van der Waals surface area (Å²) in [6, 6.07) is 0.350. The second-order valence-corrected chi connectivity index (χ2v) is 10.0. The van der Waals surface area contributed by atoms with Crippen LogP contribution in [0.3, 0.4) is 0 Å². The molecular formula is C24H41N3O3. The zero-order chi connectivity index (χ0) is 22.5. The first-order valence-corrected chi connectivity index (χ1v) is 11.4. The molecule has 5 atom stereocenters. The van der Waals surface area contributed by atoms with Crippen molar-refractivity contribution >= 4 is 12.0 Å². The number of ether oxygens (including phenoxy) is 1. The average molecular weight is 420 g/mol. The predicted molar refractivity (Wildman–Crippen MR) is 121 cm³/mol. The number of carbonyl (C=O) groups is 2. The fraction of sp³-hybridized carbons (Fsp3) is 0.750. The number of rotatable bonds is 7. The Morgan fingerprint density at radius 3 is 2.43 bits per heavy atom. The Morgan fingerprint density at radius 1 is 1.20 bits per heavy atom. The lowest BCUT2D eigenvalue weighted by Gasteiger charge is -2.41. The van der Waals surface area contributed by atoms with E-state index in [0.29, 0.717) is 37.3 Å². The lowest BCUT2D eigenvalue weighted by molar-refractivity contribution is -0.131. The van der Waals surface area contributed by atoms with E-state index in [-0.39, 0.29) is 24.1 Å². The molecule has 6 nitrogen and oxygen atoms in total. The molecule has 30 heavy (non-hydrogen) atoms. The van der Waals surface area contributed by atoms with Gasteiger partial charge in [-0.2, -0.15) is 0 Å². The van der Waals surface area contributed by atoms with Crippen molar-refractivity contribution in [2.45, 2.75) is 84.9 Å². The van der Waals surface area contributed by atoms with Gasteiger partial charge in [-0.3, -0.25) is 4.79 Å². The first kappa shape index (κ1) is 24.4. The zero-order valence-electron chi connectivity index (χ0n) is 19.6. The topological polar surface area (TPSA) is 84.7 Å². The van der Waals surface area contributed by atoms with Gasteiger partial charge in [0.05, 0.1) is 0 Å². The number of hydrogen-bond acceptors (Lipinski definition) is 4. The Labute approximate surface area is 182 Å². The molecule has 0 aromatic heterocycles. The molecule has 2 fully saturated rings. The third-order valence-corrected chi connectivity index (χ3v) is 6.24. The number of carbonyl (C=O) groups excluding carboxylic acids is 2. The summed E-state index contributed by atoms with van der Waals surface area (Å²) >= 11 is 0. The molecule has 1 saturated carbocycles. The van der Waals surface area contributed by atoms with Crippen LogP contribution in [0.4, 0.5) is 4.79 Å². The second kappa shape index (κ2) is 10.5. The predicted octanol–water partition coefficient (Wildman–Crippen LogP) is 4.01. The first-order valence-electron chi connectivity index (χ1n) is 11.4. The van der Waals surface area contributed by atoms with Crippen LogP contribution in [0.2, 0.25) is 0 Å². The molecule has 2 aliphatic rings. The lowest BCUT2D eigenvalue weighted by atomic mass is 9.65. The Bertz CT molecular complexity index is 665. The van der Waals surface area contributed by atoms with Gasteiger partial charge in [-0.25, -0.2) is 4.79 Å². The molecule has 3 N–H and O–H groups in total. The van der Waals surface area contributed by atoms with E-state index in [2.05, 4.69) is 37.4 Å². The fourth-order valence-electron chi connectivity index (χ4n) is 4.53. The van der Waals surface area contributed by atoms with E-state index in [4.69, 9.17) is 10.5 Å². The van der Waals surface area contributed by atoms with Gasteiger partial charge in [0.15, 0.2) is 0 Å². The van der Waals surface area contributed by atoms with Gasteiger partial charge in [-0.1, -0.05) is 30.7 Å². The second-order valence-electron chi connectivity index (χ2n) is 10.0. The summed E-state index contributed by atoms with van der Waals surface area (Å²) < 4.78 is 5.32. The largest absolute Gasteiger partial charge is 0.444 e. The summed E-state index contributed by atoms with van der Waals surface area (Å²) in [7, 11) is 0. The van der Waals surface area contributed by atoms with Crippen LogP contribution in [0.25, 0.3) is 0 Å². The maximum absolute atomic E-state index is 12.5. The number of likely N-dealkylation sites (tertiary alicyclic amines) is 1. The van der Waals surface area contributed by atoms with Crippen molar-refractivity contribution in [2.75, 3.05) is 13.1 Å². The molecule has 0 spiro atoms. The molecule has 1 heterocycles. The van der Waals surface area contributed by atoms with E-state index in [1.54, 1.807) is 0 Å². The summed E-state index contributed by atoms with van der Waals surface area (Å²) in [4.78, 5) is 26.4. The highest BCUT2D eigenvalue weighted by Crippen LogP contribution is 2.41. The van der Waals surface area contributed by atoms with Crippen LogP contribution in [0, 0.1) is 17.8 Å². The van der Waals surface area contributed by atoms with Gasteiger partial charge in [0.25, 0.3) is 0 Å². The standard InChI is InChI=1S/C24H41N3O3/c1-7-18(9-11-22(28)27-15-20(25)13-17(27)3)8-10-21-16(2)12-19(21)14-26-23(29)30-24(4,5)6/h7-8,10,16-17,19-21H,9,11-15,25H2,1-6H3,(H,26,29)/b10-8-,18-7+. The van der Waals surface area contributed by atoms with Crippen LogP contribution in [0.5, 0.6) is 0 Å². The van der Waals surface area contributed by atoms with E-state index in [1.165, 1.54) is 5.57 Å². The van der Waals surface area contributed by atoms with Crippen LogP contribution in [0.1, 0.15) is 67.2 Å². The highest BCUT2D eigenvalue weighted by molar-refractivity contribution is 5.77. The van der Waals surface area contributed by atoms with Crippen LogP contribution < -0.4 is 11.1 Å². The Morgan fingerprint density at radius 2 is 1.90 bits per heavy atom. The number of allylic oxidation sites excluding steroid dienone is 4. The van der Waals surface area contributed by atoms with Gasteiger partial charge in [0, 0.05) is 31.6 Å². The van der Waals surface area contributed by atoms with E-state index in [0.717, 1.165) is 19.3 Å². The third kappa shape index (κ3) is 7.15. The molecule has 0 aromatic carbocycles. The molecule has 6 heteroatoms. The molecule has 2 amide bonds. The molecule has 2 rings (SSSR count). The molecule has 1 aliphatic carbocycles. The van der Waals surface area contributed by atoms with Gasteiger partial charge in [0.2, 0.25) is 5.91 Å². The Hall–Kier alpha value is -1.82. The van der Waals surface area contributed by atoms with E-state index in [1.807, 2.05) is 32.6 Å². The lowest BCUT2D eigenvalue weighted by Crippen LogP contribution is -2.43. The molecule has 1 aliphatic heterocycles. The molecule has 0 aromatic rings. The van der Waals surface area contributed by atoms with Crippen molar-refractivity contribution in [3.8, 4) is 0 Å². The highest BCUT2D eigenvalue weighted by Gasteiger charge is 2.36.